The third-order valence-electron chi connectivity index (χ3n) is 6.43. The van der Waals surface area contributed by atoms with Crippen LogP contribution in [0.1, 0.15) is 28.8 Å². The number of aromatic nitrogens is 2. The molecule has 0 aliphatic carbocycles. The molecule has 35 heavy (non-hydrogen) atoms. The lowest BCUT2D eigenvalue weighted by Crippen LogP contribution is -2.36. The molecule has 1 fully saturated rings. The summed E-state index contributed by atoms with van der Waals surface area (Å²) in [6.07, 6.45) is 4.39. The van der Waals surface area contributed by atoms with Crippen LogP contribution in [0.25, 0.3) is 10.9 Å². The van der Waals surface area contributed by atoms with Crippen LogP contribution in [0.4, 0.5) is 10.2 Å². The third kappa shape index (κ3) is 4.70. The highest BCUT2D eigenvalue weighted by Crippen LogP contribution is 2.37. The number of nitrogens with one attached hydrogen (secondary N) is 2. The minimum Gasteiger partial charge on any atom is -0.493 e. The number of hydrogen-bond donors (Lipinski definition) is 2. The van der Waals surface area contributed by atoms with E-state index in [1.807, 2.05) is 36.0 Å². The van der Waals surface area contributed by atoms with Gasteiger partial charge in [-0.2, -0.15) is 0 Å². The standard InChI is InChI=1S/C27H27FN4O3/c1-32-14-8-19-15-24(23(34-2)17-22(19)32)35-21-7-11-30-25(16-21)31-26(33)18-3-5-20(6-4-18)27(28)9-12-29-13-10-27/h3-8,11,14-17,29H,9-10,12-13H2,1-2H3,(H,30,31,33). The number of amides is 1. The number of halogens is 1. The maximum atomic E-state index is 15.2. The lowest BCUT2D eigenvalue weighted by molar-refractivity contribution is 0.102. The first-order valence-electron chi connectivity index (χ1n) is 11.5. The maximum Gasteiger partial charge on any atom is 0.256 e. The second kappa shape index (κ2) is 9.38. The summed E-state index contributed by atoms with van der Waals surface area (Å²) in [5.74, 6) is 1.67. The molecule has 7 nitrogen and oxygen atoms in total. The maximum absolute atomic E-state index is 15.2. The molecule has 0 spiro atoms. The number of alkyl halides is 1. The molecule has 1 aliphatic heterocycles. The van der Waals surface area contributed by atoms with Crippen LogP contribution in [0, 0.1) is 0 Å². The van der Waals surface area contributed by atoms with Gasteiger partial charge in [0.2, 0.25) is 0 Å². The van der Waals surface area contributed by atoms with Gasteiger partial charge in [-0.05, 0) is 61.8 Å². The van der Waals surface area contributed by atoms with Crippen LogP contribution in [0.2, 0.25) is 0 Å². The Labute approximate surface area is 202 Å². The molecule has 0 atom stereocenters. The Kier molecular flexibility index (Phi) is 6.13. The number of carbonyl (C=O) groups excluding carboxylic acids is 1. The number of fused-ring (bicyclic) bond motifs is 1. The van der Waals surface area contributed by atoms with Crippen molar-refractivity contribution in [2.75, 3.05) is 25.5 Å². The topological polar surface area (TPSA) is 77.4 Å². The molecule has 180 valence electrons. The predicted molar refractivity (Wildman–Crippen MR) is 133 cm³/mol. The fourth-order valence-corrected chi connectivity index (χ4v) is 4.41. The van der Waals surface area contributed by atoms with E-state index in [2.05, 4.69) is 15.6 Å². The monoisotopic (exact) mass is 474 g/mol. The van der Waals surface area contributed by atoms with Gasteiger partial charge < -0.3 is 24.7 Å². The minimum absolute atomic E-state index is 0.331. The van der Waals surface area contributed by atoms with Gasteiger partial charge in [-0.3, -0.25) is 4.79 Å². The number of rotatable bonds is 6. The second-order valence-electron chi connectivity index (χ2n) is 8.71. The highest BCUT2D eigenvalue weighted by molar-refractivity contribution is 6.03. The van der Waals surface area contributed by atoms with Crippen LogP contribution in [-0.4, -0.2) is 35.7 Å². The summed E-state index contributed by atoms with van der Waals surface area (Å²) >= 11 is 0. The van der Waals surface area contributed by atoms with Crippen LogP contribution in [0.5, 0.6) is 17.2 Å². The number of anilines is 1. The van der Waals surface area contributed by atoms with E-state index in [0.29, 0.717) is 60.1 Å². The van der Waals surface area contributed by atoms with Crippen molar-refractivity contribution in [3.05, 3.63) is 78.1 Å². The van der Waals surface area contributed by atoms with Crippen LogP contribution in [0.3, 0.4) is 0 Å². The van der Waals surface area contributed by atoms with Crippen molar-refractivity contribution in [3.8, 4) is 17.2 Å². The zero-order valence-corrected chi connectivity index (χ0v) is 19.7. The number of carbonyl (C=O) groups is 1. The van der Waals surface area contributed by atoms with Crippen molar-refractivity contribution in [1.82, 2.24) is 14.9 Å². The van der Waals surface area contributed by atoms with Gasteiger partial charge in [-0.1, -0.05) is 12.1 Å². The lowest BCUT2D eigenvalue weighted by atomic mass is 9.86. The normalized spacial score (nSPS) is 15.1. The van der Waals surface area contributed by atoms with E-state index in [0.717, 1.165) is 10.9 Å². The largest absolute Gasteiger partial charge is 0.493 e. The summed E-state index contributed by atoms with van der Waals surface area (Å²) in [5, 5.41) is 6.98. The van der Waals surface area contributed by atoms with Gasteiger partial charge in [0.25, 0.3) is 5.91 Å². The Balaban J connectivity index is 1.30. The SMILES string of the molecule is COc1cc2c(ccn2C)cc1Oc1ccnc(NC(=O)c2ccc(C3(F)CCNCC3)cc2)c1. The van der Waals surface area contributed by atoms with Crippen LogP contribution < -0.4 is 20.1 Å². The summed E-state index contributed by atoms with van der Waals surface area (Å²) in [6, 6.07) is 15.9. The second-order valence-corrected chi connectivity index (χ2v) is 8.71. The van der Waals surface area contributed by atoms with Gasteiger partial charge in [0.15, 0.2) is 11.5 Å². The molecular weight excluding hydrogens is 447 g/mol. The molecule has 5 rings (SSSR count). The Morgan fingerprint density at radius 2 is 1.86 bits per heavy atom. The number of benzene rings is 2. The molecule has 1 saturated heterocycles. The van der Waals surface area contributed by atoms with Crippen LogP contribution in [-0.2, 0) is 12.7 Å². The van der Waals surface area contributed by atoms with Gasteiger partial charge in [0.1, 0.15) is 17.2 Å². The Morgan fingerprint density at radius 1 is 1.09 bits per heavy atom. The molecule has 4 aromatic rings. The lowest BCUT2D eigenvalue weighted by Gasteiger charge is -2.30. The molecular formula is C27H27FN4O3. The summed E-state index contributed by atoms with van der Waals surface area (Å²) in [4.78, 5) is 17.0. The zero-order valence-electron chi connectivity index (χ0n) is 19.7. The Bertz CT molecular complexity index is 1360. The van der Waals surface area contributed by atoms with Gasteiger partial charge in [0.05, 0.1) is 12.6 Å². The first kappa shape index (κ1) is 22.9. The molecule has 2 N–H and O–H groups in total. The van der Waals surface area contributed by atoms with E-state index >= 15 is 4.39 Å². The number of aryl methyl sites for hydroxylation is 1. The summed E-state index contributed by atoms with van der Waals surface area (Å²) < 4.78 is 28.8. The molecule has 3 heterocycles. The average molecular weight is 475 g/mol. The summed E-state index contributed by atoms with van der Waals surface area (Å²) in [5.41, 5.74) is 0.711. The first-order chi connectivity index (χ1) is 16.9. The van der Waals surface area contributed by atoms with E-state index in [9.17, 15) is 4.79 Å². The number of ether oxygens (including phenoxy) is 2. The smallest absolute Gasteiger partial charge is 0.256 e. The van der Waals surface area contributed by atoms with Crippen molar-refractivity contribution in [1.29, 1.82) is 0 Å². The average Bonchev–Trinajstić information content (AvgIpc) is 3.23. The highest BCUT2D eigenvalue weighted by Gasteiger charge is 2.33. The number of nitrogens with zero attached hydrogens (tertiary/aromatic N) is 2. The molecule has 0 radical (unpaired) electrons. The van der Waals surface area contributed by atoms with Crippen molar-refractivity contribution >= 4 is 22.6 Å². The third-order valence-corrected chi connectivity index (χ3v) is 6.43. The van der Waals surface area contributed by atoms with Crippen molar-refractivity contribution in [2.24, 2.45) is 7.05 Å². The van der Waals surface area contributed by atoms with Gasteiger partial charge in [-0.15, -0.1) is 0 Å². The van der Waals surface area contributed by atoms with E-state index in [1.165, 1.54) is 0 Å². The van der Waals surface area contributed by atoms with E-state index in [4.69, 9.17) is 9.47 Å². The molecule has 1 amide bonds. The number of pyridine rings is 1. The van der Waals surface area contributed by atoms with Gasteiger partial charge >= 0.3 is 0 Å². The van der Waals surface area contributed by atoms with Gasteiger partial charge in [0, 0.05) is 42.5 Å². The Hall–Kier alpha value is -3.91. The number of hydrogen-bond acceptors (Lipinski definition) is 5. The molecule has 2 aromatic carbocycles. The number of piperidine rings is 1. The molecule has 0 saturated carbocycles. The quantitative estimate of drug-likeness (QED) is 0.403. The fourth-order valence-electron chi connectivity index (χ4n) is 4.41. The van der Waals surface area contributed by atoms with Crippen molar-refractivity contribution in [2.45, 2.75) is 18.5 Å². The molecule has 0 bridgehead atoms. The summed E-state index contributed by atoms with van der Waals surface area (Å²) in [7, 11) is 3.56. The fraction of sp³-hybridized carbons (Fsp3) is 0.259. The number of methoxy groups -OCH3 is 1. The van der Waals surface area contributed by atoms with Crippen LogP contribution >= 0.6 is 0 Å². The molecule has 0 unspecified atom stereocenters. The molecule has 1 aliphatic rings. The van der Waals surface area contributed by atoms with E-state index in [1.54, 1.807) is 49.7 Å². The Morgan fingerprint density at radius 3 is 2.60 bits per heavy atom. The molecule has 8 heteroatoms. The molecule has 2 aromatic heterocycles. The summed E-state index contributed by atoms with van der Waals surface area (Å²) in [6.45, 7) is 1.29. The van der Waals surface area contributed by atoms with Crippen molar-refractivity contribution in [3.63, 3.8) is 0 Å². The van der Waals surface area contributed by atoms with Crippen molar-refractivity contribution < 1.29 is 18.7 Å². The van der Waals surface area contributed by atoms with Gasteiger partial charge in [-0.25, -0.2) is 9.37 Å². The minimum atomic E-state index is -1.35. The van der Waals surface area contributed by atoms with Crippen LogP contribution in [0.15, 0.2) is 67.0 Å². The zero-order chi connectivity index (χ0) is 24.4. The van der Waals surface area contributed by atoms with E-state index < -0.39 is 5.67 Å². The predicted octanol–water partition coefficient (Wildman–Crippen LogP) is 5.17. The van der Waals surface area contributed by atoms with E-state index in [-0.39, 0.29) is 5.91 Å². The first-order valence-corrected chi connectivity index (χ1v) is 11.5. The highest BCUT2D eigenvalue weighted by atomic mass is 19.1.